The Morgan fingerprint density at radius 3 is 2.52 bits per heavy atom. The number of nitrogens with one attached hydrogen (secondary N) is 2. The number of fused-ring (bicyclic) bond motifs is 2. The SMILES string of the molecule is CC1(Cc2ccc(F)c(Cl)c2)C(=O)C(C2=NP(=O)(O)c3cc(NS(C)(=O)=O)ccc3N2)C(=O)c2cc(F)ccc21. The molecule has 1 aliphatic heterocycles. The number of carbonyl (C=O) groups is 2. The molecule has 1 aliphatic carbocycles. The van der Waals surface area contributed by atoms with Gasteiger partial charge < -0.3 is 10.2 Å². The van der Waals surface area contributed by atoms with E-state index in [4.69, 9.17) is 11.6 Å². The van der Waals surface area contributed by atoms with Crippen molar-refractivity contribution in [3.8, 4) is 0 Å². The molecule has 2 aliphatic rings. The van der Waals surface area contributed by atoms with Crippen LogP contribution in [0.5, 0.6) is 0 Å². The summed E-state index contributed by atoms with van der Waals surface area (Å²) in [5.74, 6) is -4.99. The van der Waals surface area contributed by atoms with E-state index in [0.717, 1.165) is 30.5 Å². The normalized spacial score (nSPS) is 24.1. The first kappa shape index (κ1) is 28.1. The van der Waals surface area contributed by atoms with Crippen molar-refractivity contribution in [2.24, 2.45) is 10.7 Å². The largest absolute Gasteiger partial charge is 0.345 e. The molecule has 0 fully saturated rings. The molecule has 0 saturated carbocycles. The van der Waals surface area contributed by atoms with E-state index in [1.165, 1.54) is 30.3 Å². The fourth-order valence-electron chi connectivity index (χ4n) is 5.06. The second-order valence-electron chi connectivity index (χ2n) is 9.87. The summed E-state index contributed by atoms with van der Waals surface area (Å²) in [5.41, 5.74) is -0.815. The molecule has 40 heavy (non-hydrogen) atoms. The number of nitrogens with zero attached hydrogens (tertiary/aromatic N) is 1. The van der Waals surface area contributed by atoms with Crippen molar-refractivity contribution in [1.29, 1.82) is 0 Å². The first-order valence-corrected chi connectivity index (χ1v) is 15.6. The molecule has 3 aromatic rings. The number of rotatable bonds is 5. The van der Waals surface area contributed by atoms with Gasteiger partial charge in [0.05, 0.1) is 27.7 Å². The van der Waals surface area contributed by atoms with Crippen molar-refractivity contribution in [2.75, 3.05) is 16.3 Å². The van der Waals surface area contributed by atoms with Crippen LogP contribution >= 0.6 is 19.1 Å². The summed E-state index contributed by atoms with van der Waals surface area (Å²) in [4.78, 5) is 38.5. The fraction of sp³-hybridized carbons (Fsp3) is 0.192. The lowest BCUT2D eigenvalue weighted by molar-refractivity contribution is -0.125. The van der Waals surface area contributed by atoms with Gasteiger partial charge in [-0.3, -0.25) is 18.9 Å². The lowest BCUT2D eigenvalue weighted by atomic mass is 9.63. The molecule has 208 valence electrons. The molecule has 0 spiro atoms. The number of sulfonamides is 1. The molecule has 0 radical (unpaired) electrons. The van der Waals surface area contributed by atoms with Crippen molar-refractivity contribution in [2.45, 2.75) is 18.8 Å². The summed E-state index contributed by atoms with van der Waals surface area (Å²) in [6.45, 7) is 1.54. The summed E-state index contributed by atoms with van der Waals surface area (Å²) in [5, 5.41) is 2.36. The lowest BCUT2D eigenvalue weighted by Crippen LogP contribution is -2.52. The van der Waals surface area contributed by atoms with E-state index in [0.29, 0.717) is 5.56 Å². The topological polar surface area (TPSA) is 142 Å². The van der Waals surface area contributed by atoms with Gasteiger partial charge in [0, 0.05) is 11.3 Å². The number of carbonyl (C=O) groups excluding carboxylic acids is 2. The third-order valence-corrected chi connectivity index (χ3v) is 9.23. The van der Waals surface area contributed by atoms with Crippen molar-refractivity contribution in [3.63, 3.8) is 0 Å². The van der Waals surface area contributed by atoms with Gasteiger partial charge in [0.15, 0.2) is 11.6 Å². The third-order valence-electron chi connectivity index (χ3n) is 6.85. The van der Waals surface area contributed by atoms with Crippen molar-refractivity contribution in [3.05, 3.63) is 87.9 Å². The number of Topliss-reactive ketones (excluding diaryl/α,β-unsaturated/α-hetero) is 2. The number of amidine groups is 1. The molecule has 1 heterocycles. The fourth-order valence-corrected chi connectivity index (χ4v) is 7.14. The summed E-state index contributed by atoms with van der Waals surface area (Å²) in [7, 11) is -8.29. The Hall–Kier alpha value is -3.44. The van der Waals surface area contributed by atoms with E-state index in [1.807, 2.05) is 0 Å². The van der Waals surface area contributed by atoms with Gasteiger partial charge in [-0.05, 0) is 66.9 Å². The van der Waals surface area contributed by atoms with E-state index < -0.39 is 57.9 Å². The zero-order chi connectivity index (χ0) is 29.2. The highest BCUT2D eigenvalue weighted by molar-refractivity contribution is 7.92. The highest BCUT2D eigenvalue weighted by Gasteiger charge is 2.52. The minimum Gasteiger partial charge on any atom is -0.342 e. The molecule has 0 amide bonds. The maximum Gasteiger partial charge on any atom is 0.345 e. The highest BCUT2D eigenvalue weighted by Crippen LogP contribution is 2.49. The van der Waals surface area contributed by atoms with Crippen molar-refractivity contribution in [1.82, 2.24) is 0 Å². The smallest absolute Gasteiger partial charge is 0.342 e. The molecule has 14 heteroatoms. The van der Waals surface area contributed by atoms with Gasteiger partial charge in [0.2, 0.25) is 10.0 Å². The van der Waals surface area contributed by atoms with Crippen molar-refractivity contribution >= 4 is 63.2 Å². The molecule has 3 unspecified atom stereocenters. The van der Waals surface area contributed by atoms with E-state index in [2.05, 4.69) is 14.8 Å². The molecule has 3 N–H and O–H groups in total. The van der Waals surface area contributed by atoms with Gasteiger partial charge in [-0.25, -0.2) is 17.2 Å². The number of halogens is 3. The van der Waals surface area contributed by atoms with E-state index in [1.54, 1.807) is 6.92 Å². The number of hydrogen-bond donors (Lipinski definition) is 3. The van der Waals surface area contributed by atoms with E-state index >= 15 is 0 Å². The van der Waals surface area contributed by atoms with Crippen LogP contribution in [0.3, 0.4) is 0 Å². The van der Waals surface area contributed by atoms with Gasteiger partial charge in [-0.1, -0.05) is 23.7 Å². The van der Waals surface area contributed by atoms with Gasteiger partial charge in [0.1, 0.15) is 23.4 Å². The predicted octanol–water partition coefficient (Wildman–Crippen LogP) is 4.21. The van der Waals surface area contributed by atoms with Crippen LogP contribution < -0.4 is 15.3 Å². The summed E-state index contributed by atoms with van der Waals surface area (Å²) in [6.07, 6.45) is 0.868. The van der Waals surface area contributed by atoms with Gasteiger partial charge >= 0.3 is 7.52 Å². The molecule has 0 aromatic heterocycles. The van der Waals surface area contributed by atoms with Crippen LogP contribution in [-0.2, 0) is 31.2 Å². The molecular formula is C26H21ClF2N3O6PS. The van der Waals surface area contributed by atoms with Crippen LogP contribution in [-0.4, -0.2) is 37.0 Å². The van der Waals surface area contributed by atoms with Crippen LogP contribution in [0.15, 0.2) is 59.4 Å². The van der Waals surface area contributed by atoms with Crippen LogP contribution in [0.25, 0.3) is 0 Å². The molecule has 5 rings (SSSR count). The summed E-state index contributed by atoms with van der Waals surface area (Å²) >= 11 is 5.94. The molecule has 3 aromatic carbocycles. The molecule has 0 saturated heterocycles. The van der Waals surface area contributed by atoms with Crippen LogP contribution in [0.4, 0.5) is 20.2 Å². The lowest BCUT2D eigenvalue weighted by Gasteiger charge is -2.39. The molecule has 9 nitrogen and oxygen atoms in total. The maximum atomic E-state index is 14.3. The minimum absolute atomic E-state index is 0.00994. The number of hydrogen-bond acceptors (Lipinski definition) is 6. The summed E-state index contributed by atoms with van der Waals surface area (Å²) in [6, 6.07) is 11.1. The highest BCUT2D eigenvalue weighted by atomic mass is 35.5. The average molecular weight is 608 g/mol. The molecular weight excluding hydrogens is 587 g/mol. The zero-order valence-electron chi connectivity index (χ0n) is 20.9. The Kier molecular flexibility index (Phi) is 6.74. The van der Waals surface area contributed by atoms with E-state index in [-0.39, 0.29) is 39.2 Å². The van der Waals surface area contributed by atoms with Crippen LogP contribution in [0, 0.1) is 17.6 Å². The minimum atomic E-state index is -4.61. The van der Waals surface area contributed by atoms with Gasteiger partial charge in [0.25, 0.3) is 0 Å². The number of anilines is 2. The van der Waals surface area contributed by atoms with Gasteiger partial charge in [-0.15, -0.1) is 0 Å². The Bertz CT molecular complexity index is 1820. The first-order valence-electron chi connectivity index (χ1n) is 11.7. The third kappa shape index (κ3) is 4.96. The molecule has 3 atom stereocenters. The van der Waals surface area contributed by atoms with Crippen LogP contribution in [0.2, 0.25) is 5.02 Å². The Morgan fingerprint density at radius 2 is 1.85 bits per heavy atom. The Morgan fingerprint density at radius 1 is 1.12 bits per heavy atom. The maximum absolute atomic E-state index is 14.3. The van der Waals surface area contributed by atoms with Gasteiger partial charge in [-0.2, -0.15) is 4.76 Å². The van der Waals surface area contributed by atoms with E-state index in [9.17, 15) is 36.2 Å². The predicted molar refractivity (Wildman–Crippen MR) is 147 cm³/mol. The molecule has 0 bridgehead atoms. The average Bonchev–Trinajstić information content (AvgIpc) is 2.84. The standard InChI is InChI=1S/C26H21ClF2N3O6PS/c1-26(12-13-3-7-19(29)18(27)9-13)17-6-4-14(28)10-16(17)23(33)22(24(26)34)25-30-20-8-5-15(32-40(2,37)38)11-21(20)39(35,36)31-25/h3-11,22,32H,12H2,1-2H3,(H2,30,31,35,36). The second kappa shape index (κ2) is 9.59. The monoisotopic (exact) mass is 607 g/mol. The van der Waals surface area contributed by atoms with Crippen LogP contribution in [0.1, 0.15) is 28.4 Å². The number of ketones is 2. The number of benzene rings is 3. The Labute approximate surface area is 232 Å². The first-order chi connectivity index (χ1) is 18.6. The zero-order valence-corrected chi connectivity index (χ0v) is 23.4. The second-order valence-corrected chi connectivity index (χ2v) is 13.8. The van der Waals surface area contributed by atoms with Crippen molar-refractivity contribution < 1.29 is 36.2 Å². The Balaban J connectivity index is 1.61. The summed E-state index contributed by atoms with van der Waals surface area (Å²) < 4.78 is 70.6. The quantitative estimate of drug-likeness (QED) is 0.291.